The van der Waals surface area contributed by atoms with E-state index >= 15 is 0 Å². The first-order chi connectivity index (χ1) is 30.5. The normalized spacial score (nSPS) is 23.7. The lowest BCUT2D eigenvalue weighted by Crippen LogP contribution is -2.62. The van der Waals surface area contributed by atoms with Crippen molar-refractivity contribution in [3.8, 4) is 22.6 Å². The molecule has 64 heavy (non-hydrogen) atoms. The number of methoxy groups -OCH3 is 1. The summed E-state index contributed by atoms with van der Waals surface area (Å²) in [5.41, 5.74) is 7.41. The fourth-order valence-corrected chi connectivity index (χ4v) is 10.7. The van der Waals surface area contributed by atoms with Gasteiger partial charge in [0.05, 0.1) is 29.5 Å². The number of carbonyl (C=O) groups is 5. The number of aromatic nitrogens is 4. The maximum Gasteiger partial charge on any atom is 0.324 e. The Kier molecular flexibility index (Phi) is 12.5. The number of aryl methyl sites for hydroxylation is 1. The van der Waals surface area contributed by atoms with Gasteiger partial charge in [-0.3, -0.25) is 34.0 Å². The van der Waals surface area contributed by atoms with Crippen LogP contribution in [0.15, 0.2) is 49.2 Å². The number of rotatable bonds is 8. The molecule has 0 radical (unpaired) electrons. The van der Waals surface area contributed by atoms with Gasteiger partial charge in [0.2, 0.25) is 17.7 Å². The maximum absolute atomic E-state index is 14.6. The molecule has 4 amide bonds. The lowest BCUT2D eigenvalue weighted by atomic mass is 9.84. The molecule has 8 rings (SSSR count). The Morgan fingerprint density at radius 3 is 2.64 bits per heavy atom. The lowest BCUT2D eigenvalue weighted by Gasteiger charge is -2.36. The van der Waals surface area contributed by atoms with E-state index < -0.39 is 46.7 Å². The van der Waals surface area contributed by atoms with Crippen molar-refractivity contribution >= 4 is 52.0 Å². The first kappa shape index (κ1) is 45.1. The second-order valence-corrected chi connectivity index (χ2v) is 19.7. The molecule has 0 aliphatic carbocycles. The van der Waals surface area contributed by atoms with Crippen LogP contribution in [0.5, 0.6) is 0 Å². The summed E-state index contributed by atoms with van der Waals surface area (Å²) in [6.07, 6.45) is 5.36. The van der Waals surface area contributed by atoms with Crippen molar-refractivity contribution in [1.82, 2.24) is 44.5 Å². The topological polar surface area (TPSA) is 181 Å². The summed E-state index contributed by atoms with van der Waals surface area (Å²) in [6, 6.07) is 7.35. The van der Waals surface area contributed by atoms with Crippen LogP contribution >= 0.6 is 11.5 Å². The third kappa shape index (κ3) is 8.44. The number of nitrogens with one attached hydrogen (secondary N) is 2. The third-order valence-electron chi connectivity index (χ3n) is 13.5. The molecule has 4 aliphatic heterocycles. The number of cyclic esters (lactones) is 1. The van der Waals surface area contributed by atoms with Gasteiger partial charge >= 0.3 is 5.97 Å². The number of hydrogen-bond acceptors (Lipinski definition) is 12. The van der Waals surface area contributed by atoms with Crippen LogP contribution in [0.4, 0.5) is 0 Å². The van der Waals surface area contributed by atoms with Gasteiger partial charge < -0.3 is 29.2 Å². The molecule has 3 saturated heterocycles. The zero-order chi connectivity index (χ0) is 45.7. The Bertz CT molecular complexity index is 2500. The van der Waals surface area contributed by atoms with Crippen LogP contribution in [-0.2, 0) is 53.3 Å². The van der Waals surface area contributed by atoms with Crippen molar-refractivity contribution in [1.29, 1.82) is 0 Å². The summed E-state index contributed by atoms with van der Waals surface area (Å²) < 4.78 is 18.8. The van der Waals surface area contributed by atoms with Crippen molar-refractivity contribution in [2.45, 2.75) is 97.4 Å². The van der Waals surface area contributed by atoms with Gasteiger partial charge in [0.15, 0.2) is 5.82 Å². The number of esters is 1. The number of likely N-dealkylation sites (tertiary alicyclic amines) is 2. The summed E-state index contributed by atoms with van der Waals surface area (Å²) in [5.74, 6) is -1.56. The van der Waals surface area contributed by atoms with Crippen LogP contribution < -0.4 is 10.7 Å². The molecule has 4 aromatic rings. The summed E-state index contributed by atoms with van der Waals surface area (Å²) >= 11 is 1.16. The van der Waals surface area contributed by atoms with E-state index in [4.69, 9.17) is 23.8 Å². The average Bonchev–Trinajstić information content (AvgIpc) is 4.07. The second kappa shape index (κ2) is 17.8. The Morgan fingerprint density at radius 2 is 1.89 bits per heavy atom. The number of pyridine rings is 1. The van der Waals surface area contributed by atoms with E-state index in [2.05, 4.69) is 53.9 Å². The minimum atomic E-state index is -1.11. The first-order valence-corrected chi connectivity index (χ1v) is 23.0. The molecule has 6 bridgehead atoms. The summed E-state index contributed by atoms with van der Waals surface area (Å²) in [4.78, 5) is 82.7. The molecule has 340 valence electrons. The first-order valence-electron chi connectivity index (χ1n) is 22.2. The van der Waals surface area contributed by atoms with Crippen LogP contribution in [0.1, 0.15) is 82.7 Å². The average molecular weight is 894 g/mol. The van der Waals surface area contributed by atoms with Gasteiger partial charge in [0, 0.05) is 80.4 Å². The summed E-state index contributed by atoms with van der Waals surface area (Å²) in [7, 11) is 3.71. The predicted molar refractivity (Wildman–Crippen MR) is 241 cm³/mol. The molecule has 3 fully saturated rings. The van der Waals surface area contributed by atoms with Gasteiger partial charge in [-0.2, -0.15) is 4.37 Å². The minimum absolute atomic E-state index is 0.0233. The standard InChI is InChI=1S/C47H59N9O7S/c1-9-37(57)54-20-16-47(25-54)17-21-55(45(47)61)39(27(2)3)42(58)49-34-23-36-50-41(52-64-36)29-14-15-35-31(22-29)32(40(53(35)7)30-12-10-18-48-38(30)28(4)62-8)24-46(5,6)26-63-44(60)33-13-11-19-56(51-33)43(34)59/h9-10,12,14-15,18,22,27-28,33-34,39,51H,1,11,13,16-17,19-21,23-26H2,2-8H3,(H,49,58)/t28-,33-,34-,39-,47?/m0/s1. The predicted octanol–water partition coefficient (Wildman–Crippen LogP) is 4.78. The Hall–Kier alpha value is -5.52. The smallest absolute Gasteiger partial charge is 0.324 e. The van der Waals surface area contributed by atoms with E-state index in [9.17, 15) is 24.0 Å². The van der Waals surface area contributed by atoms with Crippen molar-refractivity contribution in [3.63, 3.8) is 0 Å². The molecular formula is C47H59N9O7S. The van der Waals surface area contributed by atoms with Crippen molar-refractivity contribution < 1.29 is 33.4 Å². The Balaban J connectivity index is 1.15. The number of ether oxygens (including phenoxy) is 2. The van der Waals surface area contributed by atoms with Gasteiger partial charge in [-0.1, -0.05) is 34.3 Å². The molecular weight excluding hydrogens is 835 g/mol. The Labute approximate surface area is 377 Å². The molecule has 5 atom stereocenters. The van der Waals surface area contributed by atoms with Crippen LogP contribution in [0.2, 0.25) is 0 Å². The van der Waals surface area contributed by atoms with Crippen LogP contribution in [-0.4, -0.2) is 121 Å². The summed E-state index contributed by atoms with van der Waals surface area (Å²) in [6.45, 7) is 15.0. The molecule has 1 unspecified atom stereocenters. The molecule has 1 spiro atoms. The highest BCUT2D eigenvalue weighted by Crippen LogP contribution is 2.43. The van der Waals surface area contributed by atoms with Gasteiger partial charge in [0.25, 0.3) is 5.91 Å². The van der Waals surface area contributed by atoms with E-state index in [0.29, 0.717) is 62.6 Å². The molecule has 3 aromatic heterocycles. The van der Waals surface area contributed by atoms with E-state index in [1.807, 2.05) is 40.0 Å². The van der Waals surface area contributed by atoms with Crippen molar-refractivity contribution in [2.75, 3.05) is 39.9 Å². The van der Waals surface area contributed by atoms with Crippen LogP contribution in [0.25, 0.3) is 33.5 Å². The number of nitrogens with zero attached hydrogens (tertiary/aromatic N) is 7. The van der Waals surface area contributed by atoms with E-state index in [-0.39, 0.29) is 43.4 Å². The highest BCUT2D eigenvalue weighted by Gasteiger charge is 2.54. The molecule has 1 aromatic carbocycles. The third-order valence-corrected chi connectivity index (χ3v) is 14.2. The van der Waals surface area contributed by atoms with Gasteiger partial charge in [-0.25, -0.2) is 10.4 Å². The monoisotopic (exact) mass is 893 g/mol. The number of carbonyl (C=O) groups excluding carboxylic acids is 5. The molecule has 4 aliphatic rings. The maximum atomic E-state index is 14.6. The Morgan fingerprint density at radius 1 is 1.11 bits per heavy atom. The molecule has 16 nitrogen and oxygen atoms in total. The largest absolute Gasteiger partial charge is 0.464 e. The zero-order valence-electron chi connectivity index (χ0n) is 37.8. The SMILES string of the molecule is C=CC(=O)N1CCC2(CCN([C@H](C(=O)N[C@H]3Cc4nc(ns4)-c4ccc5c(c4)c(c(-c4cccnc4[C@H](C)OC)n5C)CC(C)(C)COC(=O)[C@@H]4CCCN(N4)C3=O)C(C)C)C2=O)C1. The van der Waals surface area contributed by atoms with Gasteiger partial charge in [-0.15, -0.1) is 0 Å². The van der Waals surface area contributed by atoms with Crippen LogP contribution in [0, 0.1) is 16.7 Å². The number of fused-ring (bicyclic) bond motifs is 6. The quantitative estimate of drug-likeness (QED) is 0.184. The highest BCUT2D eigenvalue weighted by atomic mass is 32.1. The van der Waals surface area contributed by atoms with E-state index in [1.165, 1.54) is 11.1 Å². The van der Waals surface area contributed by atoms with Crippen LogP contribution in [0.3, 0.4) is 0 Å². The van der Waals surface area contributed by atoms with Crippen molar-refractivity contribution in [3.05, 3.63) is 65.4 Å². The van der Waals surface area contributed by atoms with Gasteiger partial charge in [0.1, 0.15) is 23.1 Å². The molecule has 2 N–H and O–H groups in total. The van der Waals surface area contributed by atoms with Crippen molar-refractivity contribution in [2.24, 2.45) is 23.8 Å². The van der Waals surface area contributed by atoms with E-state index in [0.717, 1.165) is 50.5 Å². The molecule has 7 heterocycles. The number of hydrogen-bond donors (Lipinski definition) is 2. The molecule has 0 saturated carbocycles. The fourth-order valence-electron chi connectivity index (χ4n) is 10.0. The highest BCUT2D eigenvalue weighted by molar-refractivity contribution is 7.05. The zero-order valence-corrected chi connectivity index (χ0v) is 38.6. The number of benzene rings is 1. The second-order valence-electron chi connectivity index (χ2n) is 18.9. The van der Waals surface area contributed by atoms with E-state index in [1.54, 1.807) is 23.1 Å². The molecule has 17 heteroatoms. The summed E-state index contributed by atoms with van der Waals surface area (Å²) in [5, 5.41) is 5.96. The van der Waals surface area contributed by atoms with Gasteiger partial charge in [-0.05, 0) is 98.4 Å². The fraction of sp³-hybridized carbons (Fsp3) is 0.532. The minimum Gasteiger partial charge on any atom is -0.464 e. The lowest BCUT2D eigenvalue weighted by molar-refractivity contribution is -0.155. The number of hydrazine groups is 1. The number of amides is 4.